The summed E-state index contributed by atoms with van der Waals surface area (Å²) >= 11 is 0. The van der Waals surface area contributed by atoms with Crippen LogP contribution in [0, 0.1) is 28.9 Å². The highest BCUT2D eigenvalue weighted by Gasteiger charge is 2.37. The molecule has 0 saturated carbocycles. The Kier molecular flexibility index (Phi) is 3.90. The molecule has 0 spiro atoms. The molecular weight excluding hydrogens is 358 g/mol. The fraction of sp³-hybridized carbons (Fsp3) is 0.273. The molecule has 2 aromatic carbocycles. The molecule has 0 bridgehead atoms. The van der Waals surface area contributed by atoms with Crippen LogP contribution in [0.4, 0.5) is 14.5 Å². The van der Waals surface area contributed by atoms with E-state index in [1.54, 1.807) is 24.7 Å². The fourth-order valence-electron chi connectivity index (χ4n) is 4.66. The molecule has 1 atom stereocenters. The summed E-state index contributed by atoms with van der Waals surface area (Å²) in [7, 11) is 0. The molecular formula is C22H18F2N4. The van der Waals surface area contributed by atoms with Crippen molar-refractivity contribution in [2.24, 2.45) is 5.92 Å². The zero-order chi connectivity index (χ0) is 19.3. The van der Waals surface area contributed by atoms with E-state index in [1.165, 1.54) is 18.2 Å². The molecule has 0 radical (unpaired) electrons. The first-order chi connectivity index (χ1) is 13.7. The van der Waals surface area contributed by atoms with Crippen molar-refractivity contribution in [3.8, 4) is 17.3 Å². The van der Waals surface area contributed by atoms with Crippen molar-refractivity contribution in [1.82, 2.24) is 9.55 Å². The minimum atomic E-state index is -0.489. The van der Waals surface area contributed by atoms with Crippen LogP contribution in [0.5, 0.6) is 0 Å². The quantitative estimate of drug-likeness (QED) is 0.661. The molecule has 3 aromatic rings. The van der Waals surface area contributed by atoms with Crippen molar-refractivity contribution in [2.45, 2.75) is 18.9 Å². The first kappa shape index (κ1) is 16.9. The maximum absolute atomic E-state index is 14.7. The summed E-state index contributed by atoms with van der Waals surface area (Å²) in [6.07, 6.45) is 5.34. The fourth-order valence-corrected chi connectivity index (χ4v) is 4.66. The number of hydrogen-bond acceptors (Lipinski definition) is 3. The molecule has 1 unspecified atom stereocenters. The molecule has 140 valence electrons. The van der Waals surface area contributed by atoms with Crippen molar-refractivity contribution >= 4 is 5.69 Å². The molecule has 1 saturated heterocycles. The normalized spacial score (nSPS) is 18.6. The van der Waals surface area contributed by atoms with E-state index in [2.05, 4.69) is 14.5 Å². The van der Waals surface area contributed by atoms with Gasteiger partial charge in [-0.1, -0.05) is 12.1 Å². The Hall–Kier alpha value is -3.20. The highest BCUT2D eigenvalue weighted by molar-refractivity contribution is 5.69. The minimum absolute atomic E-state index is 0.0476. The van der Waals surface area contributed by atoms with Gasteiger partial charge < -0.3 is 9.47 Å². The molecule has 28 heavy (non-hydrogen) atoms. The second kappa shape index (κ2) is 6.45. The summed E-state index contributed by atoms with van der Waals surface area (Å²) in [6, 6.07) is 11.8. The Balaban J connectivity index is 1.40. The monoisotopic (exact) mass is 376 g/mol. The van der Waals surface area contributed by atoms with Crippen molar-refractivity contribution in [3.63, 3.8) is 0 Å². The van der Waals surface area contributed by atoms with Gasteiger partial charge in [-0.05, 0) is 43.0 Å². The number of piperidine rings is 1. The number of rotatable bonds is 2. The van der Waals surface area contributed by atoms with Gasteiger partial charge >= 0.3 is 0 Å². The summed E-state index contributed by atoms with van der Waals surface area (Å²) in [6.45, 7) is 1.53. The average Bonchev–Trinajstić information content (AvgIpc) is 3.30. The van der Waals surface area contributed by atoms with E-state index in [0.29, 0.717) is 0 Å². The van der Waals surface area contributed by atoms with E-state index >= 15 is 0 Å². The topological polar surface area (TPSA) is 44.9 Å². The first-order valence-electron chi connectivity index (χ1n) is 9.42. The number of aromatic nitrogens is 2. The van der Waals surface area contributed by atoms with E-state index in [0.717, 1.165) is 48.4 Å². The highest BCUT2D eigenvalue weighted by Crippen LogP contribution is 2.46. The third-order valence-corrected chi connectivity index (χ3v) is 6.01. The molecule has 4 nitrogen and oxygen atoms in total. The number of fused-ring (bicyclic) bond motifs is 3. The zero-order valence-corrected chi connectivity index (χ0v) is 15.1. The summed E-state index contributed by atoms with van der Waals surface area (Å²) in [5.74, 6) is -0.370. The van der Waals surface area contributed by atoms with Crippen molar-refractivity contribution in [3.05, 3.63) is 71.7 Å². The van der Waals surface area contributed by atoms with Crippen LogP contribution in [0.25, 0.3) is 11.3 Å². The number of halogens is 2. The van der Waals surface area contributed by atoms with E-state index < -0.39 is 5.82 Å². The van der Waals surface area contributed by atoms with Crippen molar-refractivity contribution in [1.29, 1.82) is 5.26 Å². The standard InChI is InChI=1S/C22H18F2N4/c23-18-3-1-2-17-20-12-26-13-28(20)22(21(17)18)14-6-8-27(9-7-14)16-5-4-15(11-25)19(24)10-16/h1-5,10,12-14,22H,6-9H2. The number of hydrogen-bond donors (Lipinski definition) is 0. The lowest BCUT2D eigenvalue weighted by atomic mass is 9.85. The average molecular weight is 376 g/mol. The van der Waals surface area contributed by atoms with Gasteiger partial charge in [0.1, 0.15) is 17.7 Å². The molecule has 2 aliphatic rings. The summed E-state index contributed by atoms with van der Waals surface area (Å²) in [4.78, 5) is 6.40. The van der Waals surface area contributed by atoms with Gasteiger partial charge in [-0.2, -0.15) is 5.26 Å². The second-order valence-electron chi connectivity index (χ2n) is 7.43. The predicted octanol–water partition coefficient (Wildman–Crippen LogP) is 4.52. The van der Waals surface area contributed by atoms with Gasteiger partial charge in [-0.25, -0.2) is 13.8 Å². The van der Waals surface area contributed by atoms with Gasteiger partial charge in [0, 0.05) is 29.9 Å². The van der Waals surface area contributed by atoms with Crippen LogP contribution in [0.15, 0.2) is 48.9 Å². The Morgan fingerprint density at radius 3 is 2.64 bits per heavy atom. The lowest BCUT2D eigenvalue weighted by Crippen LogP contribution is -2.36. The third kappa shape index (κ3) is 2.50. The van der Waals surface area contributed by atoms with Crippen LogP contribution in [0.2, 0.25) is 0 Å². The van der Waals surface area contributed by atoms with Crippen LogP contribution < -0.4 is 4.90 Å². The lowest BCUT2D eigenvalue weighted by Gasteiger charge is -2.37. The summed E-state index contributed by atoms with van der Waals surface area (Å²) < 4.78 is 30.7. The summed E-state index contributed by atoms with van der Waals surface area (Å²) in [5.41, 5.74) is 3.51. The zero-order valence-electron chi connectivity index (χ0n) is 15.1. The SMILES string of the molecule is N#Cc1ccc(N2CCC(C3c4c(F)cccc4-c4cncn43)CC2)cc1F. The molecule has 0 aliphatic carbocycles. The number of benzene rings is 2. The van der Waals surface area contributed by atoms with Gasteiger partial charge in [0.2, 0.25) is 0 Å². The molecule has 1 fully saturated rings. The van der Waals surface area contributed by atoms with E-state index in [9.17, 15) is 8.78 Å². The largest absolute Gasteiger partial charge is 0.371 e. The van der Waals surface area contributed by atoms with E-state index in [1.807, 2.05) is 12.1 Å². The molecule has 6 heteroatoms. The third-order valence-electron chi connectivity index (χ3n) is 6.01. The molecule has 2 aliphatic heterocycles. The van der Waals surface area contributed by atoms with Gasteiger partial charge in [-0.15, -0.1) is 0 Å². The smallest absolute Gasteiger partial charge is 0.143 e. The number of imidazole rings is 1. The first-order valence-corrected chi connectivity index (χ1v) is 9.42. The van der Waals surface area contributed by atoms with Crippen molar-refractivity contribution in [2.75, 3.05) is 18.0 Å². The maximum Gasteiger partial charge on any atom is 0.143 e. The predicted molar refractivity (Wildman–Crippen MR) is 102 cm³/mol. The van der Waals surface area contributed by atoms with Crippen LogP contribution in [0.1, 0.15) is 30.0 Å². The van der Waals surface area contributed by atoms with Crippen LogP contribution in [-0.4, -0.2) is 22.6 Å². The van der Waals surface area contributed by atoms with Gasteiger partial charge in [-0.3, -0.25) is 0 Å². The van der Waals surface area contributed by atoms with Gasteiger partial charge in [0.15, 0.2) is 0 Å². The Morgan fingerprint density at radius 2 is 1.89 bits per heavy atom. The molecule has 5 rings (SSSR count). The molecule has 1 aromatic heterocycles. The Bertz CT molecular complexity index is 1090. The van der Waals surface area contributed by atoms with Crippen molar-refractivity contribution < 1.29 is 8.78 Å². The molecule has 0 N–H and O–H groups in total. The second-order valence-corrected chi connectivity index (χ2v) is 7.43. The highest BCUT2D eigenvalue weighted by atomic mass is 19.1. The number of nitrogens with zero attached hydrogens (tertiary/aromatic N) is 4. The summed E-state index contributed by atoms with van der Waals surface area (Å²) in [5, 5.41) is 8.90. The van der Waals surface area contributed by atoms with Crippen LogP contribution >= 0.6 is 0 Å². The van der Waals surface area contributed by atoms with E-state index in [4.69, 9.17) is 5.26 Å². The van der Waals surface area contributed by atoms with E-state index in [-0.39, 0.29) is 23.3 Å². The minimum Gasteiger partial charge on any atom is -0.371 e. The lowest BCUT2D eigenvalue weighted by molar-refractivity contribution is 0.312. The number of anilines is 1. The van der Waals surface area contributed by atoms with Crippen LogP contribution in [0.3, 0.4) is 0 Å². The molecule has 3 heterocycles. The molecule has 0 amide bonds. The van der Waals surface area contributed by atoms with Gasteiger partial charge in [0.25, 0.3) is 0 Å². The van der Waals surface area contributed by atoms with Crippen LogP contribution in [-0.2, 0) is 0 Å². The Morgan fingerprint density at radius 1 is 1.07 bits per heavy atom. The number of nitriles is 1. The Labute approximate surface area is 161 Å². The maximum atomic E-state index is 14.7. The van der Waals surface area contributed by atoms with Gasteiger partial charge in [0.05, 0.1) is 29.8 Å².